The van der Waals surface area contributed by atoms with Crippen LogP contribution in [0.2, 0.25) is 0 Å². The molecule has 2 aromatic rings. The van der Waals surface area contributed by atoms with Crippen molar-refractivity contribution in [1.29, 1.82) is 0 Å². The number of anilines is 1. The fourth-order valence-corrected chi connectivity index (χ4v) is 3.47. The highest BCUT2D eigenvalue weighted by Crippen LogP contribution is 2.35. The zero-order valence-electron chi connectivity index (χ0n) is 14.2. The molecule has 0 saturated carbocycles. The molecule has 4 rings (SSSR count). The first-order valence-corrected chi connectivity index (χ1v) is 8.40. The number of amides is 2. The molecule has 0 saturated heterocycles. The number of fused-ring (bicyclic) bond motifs is 2. The summed E-state index contributed by atoms with van der Waals surface area (Å²) >= 11 is 0. The Morgan fingerprint density at radius 1 is 1.44 bits per heavy atom. The molecule has 2 atom stereocenters. The second kappa shape index (κ2) is 5.61. The maximum atomic E-state index is 12.9. The lowest BCUT2D eigenvalue weighted by Crippen LogP contribution is -2.59. The highest BCUT2D eigenvalue weighted by Gasteiger charge is 2.48. The van der Waals surface area contributed by atoms with E-state index in [1.807, 2.05) is 11.7 Å². The molecular formula is C18H20N4O3. The fourth-order valence-electron chi connectivity index (χ4n) is 3.47. The first kappa shape index (κ1) is 15.7. The Morgan fingerprint density at radius 2 is 2.24 bits per heavy atom. The van der Waals surface area contributed by atoms with Crippen molar-refractivity contribution in [3.05, 3.63) is 41.7 Å². The predicted molar refractivity (Wildman–Crippen MR) is 91.1 cm³/mol. The van der Waals surface area contributed by atoms with Crippen molar-refractivity contribution in [2.75, 3.05) is 5.32 Å². The van der Waals surface area contributed by atoms with E-state index in [1.165, 1.54) is 6.92 Å². The molecule has 2 amide bonds. The van der Waals surface area contributed by atoms with Crippen LogP contribution in [-0.4, -0.2) is 27.2 Å². The second-order valence-corrected chi connectivity index (χ2v) is 6.67. The number of carbonyl (C=O) groups is 2. The molecule has 2 aliphatic rings. The van der Waals surface area contributed by atoms with Crippen molar-refractivity contribution < 1.29 is 14.3 Å². The number of ether oxygens (including phenoxy) is 1. The van der Waals surface area contributed by atoms with Crippen LogP contribution >= 0.6 is 0 Å². The van der Waals surface area contributed by atoms with Crippen LogP contribution in [0.1, 0.15) is 37.1 Å². The van der Waals surface area contributed by atoms with Gasteiger partial charge in [-0.3, -0.25) is 14.3 Å². The SMILES string of the molecule is Cn1ncc2c1CCC[C@H]2NC(=O)[C@]1(C)Oc2ccccc2NC1=O. The summed E-state index contributed by atoms with van der Waals surface area (Å²) in [5.41, 5.74) is 1.11. The number of hydrogen-bond donors (Lipinski definition) is 2. The highest BCUT2D eigenvalue weighted by molar-refractivity contribution is 6.15. The average molecular weight is 340 g/mol. The molecule has 2 N–H and O–H groups in total. The standard InChI is InChI=1S/C18H20N4O3/c1-18(17(24)21-13-6-3-4-9-15(13)25-18)16(23)20-12-7-5-8-14-11(12)10-19-22(14)2/h3-4,6,9-10,12H,5,7-8H2,1-2H3,(H,20,23)(H,21,24)/t12-,18+/m1/s1. The number of nitrogens with zero attached hydrogens (tertiary/aromatic N) is 2. The van der Waals surface area contributed by atoms with Crippen molar-refractivity contribution in [2.45, 2.75) is 37.8 Å². The maximum absolute atomic E-state index is 12.9. The summed E-state index contributed by atoms with van der Waals surface area (Å²) in [6, 6.07) is 6.93. The summed E-state index contributed by atoms with van der Waals surface area (Å²) in [6.07, 6.45) is 4.52. The number of carbonyl (C=O) groups excluding carboxylic acids is 2. The minimum absolute atomic E-state index is 0.157. The topological polar surface area (TPSA) is 85.2 Å². The van der Waals surface area contributed by atoms with Gasteiger partial charge in [0.1, 0.15) is 5.75 Å². The third-order valence-electron chi connectivity index (χ3n) is 5.00. The lowest BCUT2D eigenvalue weighted by molar-refractivity contribution is -0.147. The van der Waals surface area contributed by atoms with Gasteiger partial charge in [-0.2, -0.15) is 5.10 Å². The van der Waals surface area contributed by atoms with Crippen LogP contribution in [0.25, 0.3) is 0 Å². The molecule has 7 heteroatoms. The number of benzene rings is 1. The van der Waals surface area contributed by atoms with Gasteiger partial charge in [0.05, 0.1) is 17.9 Å². The van der Waals surface area contributed by atoms with E-state index in [0.717, 1.165) is 30.5 Å². The van der Waals surface area contributed by atoms with Crippen LogP contribution < -0.4 is 15.4 Å². The van der Waals surface area contributed by atoms with Gasteiger partial charge in [0, 0.05) is 18.3 Å². The van der Waals surface area contributed by atoms with Gasteiger partial charge in [0.15, 0.2) is 0 Å². The lowest BCUT2D eigenvalue weighted by Gasteiger charge is -2.35. The average Bonchev–Trinajstić information content (AvgIpc) is 2.98. The second-order valence-electron chi connectivity index (χ2n) is 6.67. The van der Waals surface area contributed by atoms with E-state index >= 15 is 0 Å². The Balaban J connectivity index is 1.58. The largest absolute Gasteiger partial charge is 0.466 e. The summed E-state index contributed by atoms with van der Waals surface area (Å²) < 4.78 is 7.63. The van der Waals surface area contributed by atoms with Gasteiger partial charge < -0.3 is 15.4 Å². The number of hydrogen-bond acceptors (Lipinski definition) is 4. The van der Waals surface area contributed by atoms with Crippen LogP contribution in [0.5, 0.6) is 5.75 Å². The number of aromatic nitrogens is 2. The van der Waals surface area contributed by atoms with Crippen molar-refractivity contribution in [3.8, 4) is 5.75 Å². The summed E-state index contributed by atoms with van der Waals surface area (Å²) in [5.74, 6) is -0.419. The molecule has 130 valence electrons. The lowest BCUT2D eigenvalue weighted by atomic mass is 9.91. The molecule has 1 aromatic heterocycles. The summed E-state index contributed by atoms with van der Waals surface area (Å²) in [6.45, 7) is 1.50. The van der Waals surface area contributed by atoms with E-state index in [-0.39, 0.29) is 6.04 Å². The third kappa shape index (κ3) is 2.47. The van der Waals surface area contributed by atoms with Crippen LogP contribution in [0.3, 0.4) is 0 Å². The molecule has 0 fully saturated rings. The third-order valence-corrected chi connectivity index (χ3v) is 5.00. The zero-order valence-corrected chi connectivity index (χ0v) is 14.2. The maximum Gasteiger partial charge on any atom is 0.278 e. The van der Waals surface area contributed by atoms with Crippen molar-refractivity contribution in [3.63, 3.8) is 0 Å². The minimum Gasteiger partial charge on any atom is -0.466 e. The van der Waals surface area contributed by atoms with Gasteiger partial charge in [0.2, 0.25) is 0 Å². The van der Waals surface area contributed by atoms with Crippen molar-refractivity contribution in [1.82, 2.24) is 15.1 Å². The monoisotopic (exact) mass is 340 g/mol. The molecule has 2 heterocycles. The number of para-hydroxylation sites is 2. The van der Waals surface area contributed by atoms with Crippen LogP contribution in [0, 0.1) is 0 Å². The van der Waals surface area contributed by atoms with Crippen LogP contribution in [0.15, 0.2) is 30.5 Å². The molecule has 7 nitrogen and oxygen atoms in total. The van der Waals surface area contributed by atoms with Gasteiger partial charge in [-0.1, -0.05) is 12.1 Å². The van der Waals surface area contributed by atoms with E-state index < -0.39 is 17.4 Å². The molecular weight excluding hydrogens is 320 g/mol. The van der Waals surface area contributed by atoms with E-state index in [4.69, 9.17) is 4.74 Å². The Bertz CT molecular complexity index is 860. The molecule has 0 unspecified atom stereocenters. The van der Waals surface area contributed by atoms with E-state index in [1.54, 1.807) is 30.5 Å². The van der Waals surface area contributed by atoms with Crippen LogP contribution in [0.4, 0.5) is 5.69 Å². The Kier molecular flexibility index (Phi) is 3.52. The van der Waals surface area contributed by atoms with Gasteiger partial charge in [-0.25, -0.2) is 0 Å². The molecule has 0 bridgehead atoms. The highest BCUT2D eigenvalue weighted by atomic mass is 16.5. The quantitative estimate of drug-likeness (QED) is 0.815. The molecule has 1 aliphatic carbocycles. The first-order valence-electron chi connectivity index (χ1n) is 8.40. The van der Waals surface area contributed by atoms with E-state index in [9.17, 15) is 9.59 Å². The Morgan fingerprint density at radius 3 is 3.08 bits per heavy atom. The van der Waals surface area contributed by atoms with Crippen LogP contribution in [-0.2, 0) is 23.1 Å². The van der Waals surface area contributed by atoms with E-state index in [0.29, 0.717) is 11.4 Å². The van der Waals surface area contributed by atoms with Gasteiger partial charge in [0.25, 0.3) is 17.4 Å². The number of nitrogens with one attached hydrogen (secondary N) is 2. The van der Waals surface area contributed by atoms with Gasteiger partial charge in [-0.15, -0.1) is 0 Å². The Labute approximate surface area is 145 Å². The predicted octanol–water partition coefficient (Wildman–Crippen LogP) is 1.70. The summed E-state index contributed by atoms with van der Waals surface area (Å²) in [5, 5.41) is 10.0. The summed E-state index contributed by atoms with van der Waals surface area (Å²) in [7, 11) is 1.90. The summed E-state index contributed by atoms with van der Waals surface area (Å²) in [4.78, 5) is 25.4. The van der Waals surface area contributed by atoms with Gasteiger partial charge in [-0.05, 0) is 38.3 Å². The fraction of sp³-hybridized carbons (Fsp3) is 0.389. The minimum atomic E-state index is -1.60. The van der Waals surface area contributed by atoms with E-state index in [2.05, 4.69) is 15.7 Å². The number of rotatable bonds is 2. The van der Waals surface area contributed by atoms with Gasteiger partial charge >= 0.3 is 0 Å². The number of aryl methyl sites for hydroxylation is 1. The molecule has 1 aromatic carbocycles. The smallest absolute Gasteiger partial charge is 0.278 e. The van der Waals surface area contributed by atoms with Crippen molar-refractivity contribution >= 4 is 17.5 Å². The molecule has 0 radical (unpaired) electrons. The Hall–Kier alpha value is -2.83. The molecule has 1 aliphatic heterocycles. The molecule has 0 spiro atoms. The molecule has 25 heavy (non-hydrogen) atoms. The first-order chi connectivity index (χ1) is 12.0. The van der Waals surface area contributed by atoms with Crippen molar-refractivity contribution in [2.24, 2.45) is 7.05 Å². The zero-order chi connectivity index (χ0) is 17.6. The normalized spacial score (nSPS) is 24.6.